The number of carbonyl (C=O) groups is 2. The number of amides is 1. The van der Waals surface area contributed by atoms with Crippen molar-refractivity contribution >= 4 is 23.3 Å². The Bertz CT molecular complexity index is 643. The van der Waals surface area contributed by atoms with Crippen LogP contribution >= 0.6 is 0 Å². The maximum absolute atomic E-state index is 12.6. The van der Waals surface area contributed by atoms with E-state index in [4.69, 9.17) is 4.74 Å². The van der Waals surface area contributed by atoms with Crippen molar-refractivity contribution in [2.45, 2.75) is 26.2 Å². The monoisotopic (exact) mass is 363 g/mol. The van der Waals surface area contributed by atoms with Crippen LogP contribution in [0.2, 0.25) is 0 Å². The molecule has 1 aliphatic carbocycles. The van der Waals surface area contributed by atoms with Crippen LogP contribution in [0.1, 0.15) is 26.2 Å². The van der Waals surface area contributed by atoms with Crippen molar-refractivity contribution in [2.24, 2.45) is 5.92 Å². The number of nitro benzene ring substituents is 1. The van der Waals surface area contributed by atoms with E-state index in [1.807, 2.05) is 4.90 Å². The Hall–Kier alpha value is -2.48. The first kappa shape index (κ1) is 19.8. The minimum atomic E-state index is -0.474. The molecule has 0 spiro atoms. The van der Waals surface area contributed by atoms with E-state index in [2.05, 4.69) is 0 Å². The highest BCUT2D eigenvalue weighted by molar-refractivity contribution is 5.94. The molecule has 142 valence electrons. The van der Waals surface area contributed by atoms with Crippen LogP contribution in [0.5, 0.6) is 0 Å². The Morgan fingerprint density at radius 3 is 2.46 bits per heavy atom. The molecule has 0 saturated heterocycles. The summed E-state index contributed by atoms with van der Waals surface area (Å²) in [6, 6.07) is 5.86. The summed E-state index contributed by atoms with van der Waals surface area (Å²) >= 11 is 0. The molecule has 1 aliphatic rings. The minimum Gasteiger partial charge on any atom is -0.466 e. The lowest BCUT2D eigenvalue weighted by atomic mass is 10.2. The van der Waals surface area contributed by atoms with Crippen molar-refractivity contribution in [3.63, 3.8) is 0 Å². The fraction of sp³-hybridized carbons (Fsp3) is 0.556. The molecule has 0 unspecified atom stereocenters. The number of benzene rings is 1. The molecule has 0 radical (unpaired) electrons. The van der Waals surface area contributed by atoms with E-state index in [9.17, 15) is 19.7 Å². The second-order valence-electron chi connectivity index (χ2n) is 6.46. The molecule has 0 aliphatic heterocycles. The average molecular weight is 363 g/mol. The van der Waals surface area contributed by atoms with Gasteiger partial charge in [-0.15, -0.1) is 0 Å². The van der Waals surface area contributed by atoms with Gasteiger partial charge in [0, 0.05) is 38.0 Å². The van der Waals surface area contributed by atoms with E-state index >= 15 is 0 Å². The van der Waals surface area contributed by atoms with E-state index in [0.717, 1.165) is 19.4 Å². The number of esters is 1. The van der Waals surface area contributed by atoms with Crippen molar-refractivity contribution in [2.75, 3.05) is 38.2 Å². The maximum atomic E-state index is 12.6. The average Bonchev–Trinajstić information content (AvgIpc) is 3.43. The third-order valence-corrected chi connectivity index (χ3v) is 4.33. The number of hydrogen-bond acceptors (Lipinski definition) is 6. The van der Waals surface area contributed by atoms with Gasteiger partial charge >= 0.3 is 5.97 Å². The number of likely N-dealkylation sites (N-methyl/N-ethyl adjacent to an activating group) is 1. The maximum Gasteiger partial charge on any atom is 0.307 e. The molecule has 1 aromatic rings. The molecule has 1 aromatic carbocycles. The Labute approximate surface area is 152 Å². The van der Waals surface area contributed by atoms with Crippen LogP contribution < -0.4 is 4.90 Å². The number of rotatable bonds is 10. The van der Waals surface area contributed by atoms with Crippen molar-refractivity contribution < 1.29 is 19.2 Å². The van der Waals surface area contributed by atoms with Crippen LogP contribution in [0.25, 0.3) is 0 Å². The number of ether oxygens (including phenoxy) is 1. The number of anilines is 1. The van der Waals surface area contributed by atoms with Gasteiger partial charge in [0.2, 0.25) is 5.91 Å². The highest BCUT2D eigenvalue weighted by atomic mass is 16.6. The number of carbonyl (C=O) groups excluding carboxylic acids is 2. The van der Waals surface area contributed by atoms with Gasteiger partial charge in [-0.25, -0.2) is 0 Å². The molecule has 1 saturated carbocycles. The molecule has 8 nitrogen and oxygen atoms in total. The standard InChI is InChI=1S/C18H25N3O5/c1-3-26-18(23)10-11-20(12-14-4-5-14)13-17(22)19(2)15-6-8-16(9-7-15)21(24)25/h6-9,14H,3-5,10-13H2,1-2H3. The first-order valence-electron chi connectivity index (χ1n) is 8.79. The topological polar surface area (TPSA) is 93.0 Å². The summed E-state index contributed by atoms with van der Waals surface area (Å²) in [5.74, 6) is 0.211. The predicted octanol–water partition coefficient (Wildman–Crippen LogP) is 2.22. The predicted molar refractivity (Wildman–Crippen MR) is 96.9 cm³/mol. The fourth-order valence-corrected chi connectivity index (χ4v) is 2.62. The number of non-ortho nitro benzene ring substituents is 1. The number of nitro groups is 1. The highest BCUT2D eigenvalue weighted by Gasteiger charge is 2.26. The van der Waals surface area contributed by atoms with Gasteiger partial charge in [0.15, 0.2) is 0 Å². The molecule has 0 aromatic heterocycles. The van der Waals surface area contributed by atoms with Crippen molar-refractivity contribution in [3.8, 4) is 0 Å². The quantitative estimate of drug-likeness (QED) is 0.359. The van der Waals surface area contributed by atoms with Gasteiger partial charge in [-0.3, -0.25) is 24.6 Å². The smallest absolute Gasteiger partial charge is 0.307 e. The molecule has 0 atom stereocenters. The molecule has 1 fully saturated rings. The van der Waals surface area contributed by atoms with Gasteiger partial charge in [0.05, 0.1) is 24.5 Å². The molecule has 26 heavy (non-hydrogen) atoms. The normalized spacial score (nSPS) is 13.5. The Morgan fingerprint density at radius 1 is 1.27 bits per heavy atom. The lowest BCUT2D eigenvalue weighted by molar-refractivity contribution is -0.384. The summed E-state index contributed by atoms with van der Waals surface area (Å²) < 4.78 is 4.95. The van der Waals surface area contributed by atoms with Crippen LogP contribution in [0, 0.1) is 16.0 Å². The molecule has 2 rings (SSSR count). The van der Waals surface area contributed by atoms with Crippen molar-refractivity contribution in [1.82, 2.24) is 4.90 Å². The number of nitrogens with zero attached hydrogens (tertiary/aromatic N) is 3. The van der Waals surface area contributed by atoms with Crippen LogP contribution in [0.3, 0.4) is 0 Å². The summed E-state index contributed by atoms with van der Waals surface area (Å²) in [5, 5.41) is 10.7. The fourth-order valence-electron chi connectivity index (χ4n) is 2.62. The van der Waals surface area contributed by atoms with Gasteiger partial charge in [-0.05, 0) is 37.8 Å². The van der Waals surface area contributed by atoms with E-state index < -0.39 is 4.92 Å². The molecular formula is C18H25N3O5. The number of hydrogen-bond donors (Lipinski definition) is 0. The van der Waals surface area contributed by atoms with Gasteiger partial charge in [0.1, 0.15) is 0 Å². The molecule has 1 amide bonds. The van der Waals surface area contributed by atoms with E-state index in [-0.39, 0.29) is 30.5 Å². The molecule has 8 heteroatoms. The van der Waals surface area contributed by atoms with Crippen molar-refractivity contribution in [3.05, 3.63) is 34.4 Å². The second kappa shape index (κ2) is 9.28. The SMILES string of the molecule is CCOC(=O)CCN(CC(=O)N(C)c1ccc([N+](=O)[O-])cc1)CC1CC1. The summed E-state index contributed by atoms with van der Waals surface area (Å²) in [6.45, 7) is 3.59. The molecule has 0 bridgehead atoms. The minimum absolute atomic E-state index is 0.0144. The van der Waals surface area contributed by atoms with Crippen LogP contribution in [-0.4, -0.2) is 55.0 Å². The zero-order chi connectivity index (χ0) is 19.1. The lowest BCUT2D eigenvalue weighted by Crippen LogP contribution is -2.40. The van der Waals surface area contributed by atoms with Crippen LogP contribution in [0.4, 0.5) is 11.4 Å². The summed E-state index contributed by atoms with van der Waals surface area (Å²) in [4.78, 5) is 37.9. The summed E-state index contributed by atoms with van der Waals surface area (Å²) in [5.41, 5.74) is 0.580. The zero-order valence-corrected chi connectivity index (χ0v) is 15.2. The first-order valence-corrected chi connectivity index (χ1v) is 8.79. The second-order valence-corrected chi connectivity index (χ2v) is 6.46. The zero-order valence-electron chi connectivity index (χ0n) is 15.2. The van der Waals surface area contributed by atoms with E-state index in [0.29, 0.717) is 24.8 Å². The first-order chi connectivity index (χ1) is 12.4. The summed E-state index contributed by atoms with van der Waals surface area (Å²) in [6.07, 6.45) is 2.57. The Morgan fingerprint density at radius 2 is 1.92 bits per heavy atom. The highest BCUT2D eigenvalue weighted by Crippen LogP contribution is 2.29. The molecule has 0 heterocycles. The van der Waals surface area contributed by atoms with Gasteiger partial charge in [-0.1, -0.05) is 0 Å². The Balaban J connectivity index is 1.93. The van der Waals surface area contributed by atoms with Gasteiger partial charge < -0.3 is 9.64 Å². The lowest BCUT2D eigenvalue weighted by Gasteiger charge is -2.25. The summed E-state index contributed by atoms with van der Waals surface area (Å²) in [7, 11) is 1.64. The van der Waals surface area contributed by atoms with Crippen LogP contribution in [0.15, 0.2) is 24.3 Å². The Kier molecular flexibility index (Phi) is 7.08. The third-order valence-electron chi connectivity index (χ3n) is 4.33. The van der Waals surface area contributed by atoms with Crippen molar-refractivity contribution in [1.29, 1.82) is 0 Å². The van der Waals surface area contributed by atoms with E-state index in [1.54, 1.807) is 26.1 Å². The molecular weight excluding hydrogens is 338 g/mol. The van der Waals surface area contributed by atoms with E-state index in [1.165, 1.54) is 17.0 Å². The van der Waals surface area contributed by atoms with Gasteiger partial charge in [0.25, 0.3) is 5.69 Å². The van der Waals surface area contributed by atoms with Gasteiger partial charge in [-0.2, -0.15) is 0 Å². The van der Waals surface area contributed by atoms with Crippen LogP contribution in [-0.2, 0) is 14.3 Å². The third kappa shape index (κ3) is 6.11. The largest absolute Gasteiger partial charge is 0.466 e. The molecule has 0 N–H and O–H groups in total.